The summed E-state index contributed by atoms with van der Waals surface area (Å²) >= 11 is 0. The Bertz CT molecular complexity index is 1300. The molecule has 0 radical (unpaired) electrons. The van der Waals surface area contributed by atoms with Gasteiger partial charge in [0.1, 0.15) is 6.04 Å². The van der Waals surface area contributed by atoms with Gasteiger partial charge in [-0.05, 0) is 61.4 Å². The van der Waals surface area contributed by atoms with E-state index in [1.807, 2.05) is 0 Å². The zero-order valence-corrected chi connectivity index (χ0v) is 21.2. The third-order valence-corrected chi connectivity index (χ3v) is 8.09. The number of anilines is 2. The second-order valence-corrected chi connectivity index (χ2v) is 10.6. The lowest BCUT2D eigenvalue weighted by molar-refractivity contribution is -0.122. The molecule has 2 aromatic rings. The number of carbonyl (C=O) groups is 4. The summed E-state index contributed by atoms with van der Waals surface area (Å²) in [7, 11) is -2.98. The molecule has 2 atom stereocenters. The van der Waals surface area contributed by atoms with Gasteiger partial charge in [0.2, 0.25) is 21.8 Å². The van der Waals surface area contributed by atoms with Crippen LogP contribution in [0.3, 0.4) is 0 Å². The highest BCUT2D eigenvalue weighted by atomic mass is 32.2. The lowest BCUT2D eigenvalue weighted by Crippen LogP contribution is -2.48. The van der Waals surface area contributed by atoms with Crippen LogP contribution in [0.15, 0.2) is 53.4 Å². The van der Waals surface area contributed by atoms with Crippen molar-refractivity contribution in [2.75, 3.05) is 30.5 Å². The number of methoxy groups -OCH3 is 1. The number of esters is 1. The number of amides is 3. The summed E-state index contributed by atoms with van der Waals surface area (Å²) in [5.74, 6) is -2.12. The summed E-state index contributed by atoms with van der Waals surface area (Å²) in [4.78, 5) is 50.3. The van der Waals surface area contributed by atoms with Crippen molar-refractivity contribution in [1.29, 1.82) is 0 Å². The van der Waals surface area contributed by atoms with E-state index in [1.54, 1.807) is 0 Å². The second-order valence-electron chi connectivity index (χ2n) is 8.74. The molecule has 2 heterocycles. The molecular weight excluding hydrogens is 502 g/mol. The lowest BCUT2D eigenvalue weighted by atomic mass is 10.2. The Balaban J connectivity index is 1.64. The molecule has 2 saturated heterocycles. The molecule has 2 unspecified atom stereocenters. The average Bonchev–Trinajstić information content (AvgIpc) is 3.49. The summed E-state index contributed by atoms with van der Waals surface area (Å²) in [5, 5.41) is 2.58. The van der Waals surface area contributed by atoms with Crippen molar-refractivity contribution in [3.8, 4) is 0 Å². The minimum atomic E-state index is -4.22. The third-order valence-electron chi connectivity index (χ3n) is 6.21. The zero-order valence-electron chi connectivity index (χ0n) is 20.4. The standard InChI is InChI=1S/C25H27N3O8S/c1-16(29)26-18-7-11-21(12-8-18)37(33,34)27(15-20-4-3-13-36-20)22-14-23(30)28(24(22)31)19-9-5-17(6-10-19)25(32)35-2/h5-12,20,22H,3-4,13-15H2,1-2H3,(H,26,29). The fourth-order valence-electron chi connectivity index (χ4n) is 4.41. The molecule has 37 heavy (non-hydrogen) atoms. The van der Waals surface area contributed by atoms with Crippen molar-refractivity contribution in [2.45, 2.75) is 43.2 Å². The first kappa shape index (κ1) is 26.5. The van der Waals surface area contributed by atoms with E-state index >= 15 is 0 Å². The molecule has 11 nitrogen and oxygen atoms in total. The van der Waals surface area contributed by atoms with E-state index in [4.69, 9.17) is 4.74 Å². The molecule has 0 spiro atoms. The number of hydrogen-bond acceptors (Lipinski definition) is 8. The van der Waals surface area contributed by atoms with Crippen LogP contribution in [0.2, 0.25) is 0 Å². The van der Waals surface area contributed by atoms with Gasteiger partial charge >= 0.3 is 5.97 Å². The van der Waals surface area contributed by atoms with Crippen molar-refractivity contribution in [1.82, 2.24) is 4.31 Å². The number of sulfonamides is 1. The normalized spacial score (nSPS) is 19.9. The van der Waals surface area contributed by atoms with E-state index in [1.165, 1.54) is 62.6 Å². The second kappa shape index (κ2) is 10.8. The van der Waals surface area contributed by atoms with Crippen molar-refractivity contribution >= 4 is 45.1 Å². The lowest BCUT2D eigenvalue weighted by Gasteiger charge is -2.29. The molecule has 12 heteroatoms. The quantitative estimate of drug-likeness (QED) is 0.404. The van der Waals surface area contributed by atoms with Gasteiger partial charge in [0.05, 0.1) is 35.8 Å². The van der Waals surface area contributed by atoms with Gasteiger partial charge in [-0.3, -0.25) is 14.4 Å². The predicted octanol–water partition coefficient (Wildman–Crippen LogP) is 1.93. The van der Waals surface area contributed by atoms with E-state index in [-0.39, 0.29) is 35.0 Å². The first-order valence-corrected chi connectivity index (χ1v) is 13.1. The van der Waals surface area contributed by atoms with Crippen LogP contribution in [0.25, 0.3) is 0 Å². The van der Waals surface area contributed by atoms with E-state index in [2.05, 4.69) is 10.1 Å². The largest absolute Gasteiger partial charge is 0.465 e. The fourth-order valence-corrected chi connectivity index (χ4v) is 6.02. The maximum absolute atomic E-state index is 13.7. The van der Waals surface area contributed by atoms with Gasteiger partial charge < -0.3 is 14.8 Å². The summed E-state index contributed by atoms with van der Waals surface area (Å²) in [6.45, 7) is 1.74. The van der Waals surface area contributed by atoms with Crippen LogP contribution in [-0.4, -0.2) is 68.8 Å². The summed E-state index contributed by atoms with van der Waals surface area (Å²) in [6, 6.07) is 10.0. The molecule has 0 bridgehead atoms. The van der Waals surface area contributed by atoms with Crippen molar-refractivity contribution in [3.63, 3.8) is 0 Å². The minimum absolute atomic E-state index is 0.0827. The number of hydrogen-bond donors (Lipinski definition) is 1. The molecule has 1 N–H and O–H groups in total. The van der Waals surface area contributed by atoms with Crippen LogP contribution in [0.4, 0.5) is 11.4 Å². The fraction of sp³-hybridized carbons (Fsp3) is 0.360. The zero-order chi connectivity index (χ0) is 26.7. The Labute approximate surface area is 214 Å². The Morgan fingerprint density at radius 1 is 1.11 bits per heavy atom. The molecule has 196 valence electrons. The number of rotatable bonds is 8. The molecule has 2 aliphatic heterocycles. The number of carbonyl (C=O) groups excluding carboxylic acids is 4. The number of nitrogens with one attached hydrogen (secondary N) is 1. The molecule has 2 fully saturated rings. The van der Waals surface area contributed by atoms with E-state index < -0.39 is 40.0 Å². The topological polar surface area (TPSA) is 139 Å². The highest BCUT2D eigenvalue weighted by Gasteiger charge is 2.47. The van der Waals surface area contributed by atoms with Crippen LogP contribution in [0.5, 0.6) is 0 Å². The summed E-state index contributed by atoms with van der Waals surface area (Å²) < 4.78 is 38.8. The molecule has 0 saturated carbocycles. The SMILES string of the molecule is COC(=O)c1ccc(N2C(=O)CC(N(CC3CCCO3)S(=O)(=O)c3ccc(NC(C)=O)cc3)C2=O)cc1. The molecule has 4 rings (SSSR count). The number of benzene rings is 2. The molecule has 2 aliphatic rings. The van der Waals surface area contributed by atoms with Crippen LogP contribution < -0.4 is 10.2 Å². The minimum Gasteiger partial charge on any atom is -0.465 e. The van der Waals surface area contributed by atoms with Gasteiger partial charge in [-0.1, -0.05) is 0 Å². The summed E-state index contributed by atoms with van der Waals surface area (Å²) in [5.41, 5.74) is 0.886. The molecule has 0 aliphatic carbocycles. The molecule has 3 amide bonds. The van der Waals surface area contributed by atoms with Gasteiger partial charge in [0.25, 0.3) is 5.91 Å². The Kier molecular flexibility index (Phi) is 7.71. The predicted molar refractivity (Wildman–Crippen MR) is 132 cm³/mol. The maximum atomic E-state index is 13.7. The van der Waals surface area contributed by atoms with E-state index in [0.29, 0.717) is 18.7 Å². The number of ether oxygens (including phenoxy) is 2. The Morgan fingerprint density at radius 3 is 2.35 bits per heavy atom. The molecule has 2 aromatic carbocycles. The van der Waals surface area contributed by atoms with Crippen LogP contribution in [0.1, 0.15) is 36.5 Å². The Hall–Kier alpha value is -3.61. The van der Waals surface area contributed by atoms with Crippen molar-refractivity contribution in [3.05, 3.63) is 54.1 Å². The smallest absolute Gasteiger partial charge is 0.337 e. The first-order chi connectivity index (χ1) is 17.6. The van der Waals surface area contributed by atoms with Crippen LogP contribution >= 0.6 is 0 Å². The highest BCUT2D eigenvalue weighted by Crippen LogP contribution is 2.31. The van der Waals surface area contributed by atoms with Gasteiger partial charge in [-0.15, -0.1) is 0 Å². The van der Waals surface area contributed by atoms with Gasteiger partial charge in [-0.25, -0.2) is 18.1 Å². The maximum Gasteiger partial charge on any atom is 0.337 e. The number of imide groups is 1. The Morgan fingerprint density at radius 2 is 1.78 bits per heavy atom. The first-order valence-electron chi connectivity index (χ1n) is 11.7. The number of nitrogens with zero attached hydrogens (tertiary/aromatic N) is 2. The highest BCUT2D eigenvalue weighted by molar-refractivity contribution is 7.89. The average molecular weight is 530 g/mol. The van der Waals surface area contributed by atoms with Crippen molar-refractivity contribution in [2.24, 2.45) is 0 Å². The van der Waals surface area contributed by atoms with E-state index in [0.717, 1.165) is 15.6 Å². The third kappa shape index (κ3) is 5.55. The monoisotopic (exact) mass is 529 g/mol. The van der Waals surface area contributed by atoms with Gasteiger partial charge in [0, 0.05) is 25.8 Å². The van der Waals surface area contributed by atoms with Gasteiger partial charge in [0.15, 0.2) is 0 Å². The molecular formula is C25H27N3O8S. The van der Waals surface area contributed by atoms with Gasteiger partial charge in [-0.2, -0.15) is 4.31 Å². The van der Waals surface area contributed by atoms with Crippen molar-refractivity contribution < 1.29 is 37.1 Å². The van der Waals surface area contributed by atoms with Crippen LogP contribution in [-0.2, 0) is 33.9 Å². The van der Waals surface area contributed by atoms with Crippen LogP contribution in [0, 0.1) is 0 Å². The molecule has 0 aromatic heterocycles. The summed E-state index contributed by atoms with van der Waals surface area (Å²) in [6.07, 6.45) is 0.638. The van der Waals surface area contributed by atoms with E-state index in [9.17, 15) is 27.6 Å².